The molecular weight excluding hydrogens is 528 g/mol. The van der Waals surface area contributed by atoms with Gasteiger partial charge < -0.3 is 11.1 Å². The monoisotopic (exact) mass is 546 g/mol. The van der Waals surface area contributed by atoms with E-state index in [4.69, 9.17) is 0 Å². The molecule has 0 saturated heterocycles. The van der Waals surface area contributed by atoms with Gasteiger partial charge in [0.1, 0.15) is 0 Å². The molecule has 0 spiro atoms. The first kappa shape index (κ1) is 27.2. The zero-order valence-electron chi connectivity index (χ0n) is 17.5. The maximum Gasteiger partial charge on any atom is 0.499 e. The molecule has 0 fully saturated rings. The minimum atomic E-state index is -5.15. The van der Waals surface area contributed by atoms with E-state index in [9.17, 15) is 44.7 Å². The molecule has 0 heterocycles. The van der Waals surface area contributed by atoms with Gasteiger partial charge in [0.15, 0.2) is 0 Å². The molecule has 0 N–H and O–H groups in total. The molecule has 16 heteroatoms. The van der Waals surface area contributed by atoms with Crippen molar-refractivity contribution in [3.63, 3.8) is 0 Å². The molecule has 0 aliphatic heterocycles. The van der Waals surface area contributed by atoms with Crippen LogP contribution in [0.4, 0.5) is 0 Å². The van der Waals surface area contributed by atoms with Gasteiger partial charge in [0.05, 0.1) is 20.8 Å². The maximum absolute atomic E-state index is 13.0. The van der Waals surface area contributed by atoms with Crippen LogP contribution in [0.1, 0.15) is 13.3 Å². The second-order valence-electron chi connectivity index (χ2n) is 6.72. The highest BCUT2D eigenvalue weighted by Gasteiger charge is 2.51. The van der Waals surface area contributed by atoms with Crippen molar-refractivity contribution in [1.82, 2.24) is 0 Å². The number of hydrogen-bond donors (Lipinski definition) is 0. The summed E-state index contributed by atoms with van der Waals surface area (Å²) in [5.41, 5.74) is 18.5. The number of rotatable bonds is 6. The Kier molecular flexibility index (Phi) is 8.09. The van der Waals surface area contributed by atoms with Gasteiger partial charge in [-0.2, -0.15) is 0 Å². The Morgan fingerprint density at radius 2 is 1.09 bits per heavy atom. The summed E-state index contributed by atoms with van der Waals surface area (Å²) in [6.07, 6.45) is -0.519. The first-order valence-corrected chi connectivity index (χ1v) is 15.4. The Labute approximate surface area is 196 Å². The molecule has 1 unspecified atom stereocenters. The van der Waals surface area contributed by atoms with Crippen LogP contribution < -0.4 is 0 Å². The third-order valence-electron chi connectivity index (χ3n) is 4.54. The Morgan fingerprint density at radius 1 is 0.706 bits per heavy atom. The van der Waals surface area contributed by atoms with E-state index in [1.807, 2.05) is 0 Å². The zero-order chi connectivity index (χ0) is 25.8. The van der Waals surface area contributed by atoms with Gasteiger partial charge in [-0.05, 0) is 30.7 Å². The van der Waals surface area contributed by atoms with E-state index >= 15 is 0 Å². The summed E-state index contributed by atoms with van der Waals surface area (Å²) >= 11 is 0. The molecule has 2 rings (SSSR count). The lowest BCUT2D eigenvalue weighted by Crippen LogP contribution is -2.41. The van der Waals surface area contributed by atoms with Crippen molar-refractivity contribution in [2.45, 2.75) is 28.4 Å². The Morgan fingerprint density at radius 3 is 1.44 bits per heavy atom. The summed E-state index contributed by atoms with van der Waals surface area (Å²) in [6.45, 7) is 1.20. The highest BCUT2D eigenvalue weighted by molar-refractivity contribution is 8.33. The van der Waals surface area contributed by atoms with E-state index in [0.29, 0.717) is 0 Å². The van der Waals surface area contributed by atoms with E-state index in [1.165, 1.54) is 43.3 Å². The lowest BCUT2D eigenvalue weighted by atomic mass is 10.4. The molecule has 34 heavy (non-hydrogen) atoms. The number of sulfone groups is 4. The van der Waals surface area contributed by atoms with Crippen LogP contribution in [0.15, 0.2) is 70.5 Å². The molecule has 182 valence electrons. The van der Waals surface area contributed by atoms with Crippen LogP contribution in [-0.4, -0.2) is 63.0 Å². The van der Waals surface area contributed by atoms with Crippen molar-refractivity contribution in [3.8, 4) is 0 Å². The first-order chi connectivity index (χ1) is 15.8. The van der Waals surface area contributed by atoms with Gasteiger partial charge in [0.2, 0.25) is 0 Å². The van der Waals surface area contributed by atoms with Gasteiger partial charge in [-0.3, -0.25) is 0 Å². The quantitative estimate of drug-likeness (QED) is 0.217. The Balaban J connectivity index is 2.56. The minimum Gasteiger partial charge on any atom is -0.359 e. The molecular formula is C18H18N4O8S4. The lowest BCUT2D eigenvalue weighted by Gasteiger charge is -2.12. The summed E-state index contributed by atoms with van der Waals surface area (Å²) in [5.74, 6) is -1.47. The van der Waals surface area contributed by atoms with Crippen LogP contribution in [0, 0.1) is 0 Å². The molecule has 2 aromatic carbocycles. The average molecular weight is 547 g/mol. The smallest absolute Gasteiger partial charge is 0.359 e. The van der Waals surface area contributed by atoms with Crippen LogP contribution in [0.2, 0.25) is 0 Å². The summed E-state index contributed by atoms with van der Waals surface area (Å²) in [4.78, 5) is 3.73. The average Bonchev–Trinajstić information content (AvgIpc) is 2.78. The van der Waals surface area contributed by atoms with Crippen LogP contribution in [0.25, 0.3) is 11.1 Å². The Bertz CT molecular complexity index is 1610. The van der Waals surface area contributed by atoms with Gasteiger partial charge in [-0.25, -0.2) is 33.7 Å². The van der Waals surface area contributed by atoms with Gasteiger partial charge in [-0.1, -0.05) is 43.3 Å². The molecule has 0 amide bonds. The minimum absolute atomic E-state index is 0.519. The number of hydrogen-bond acceptors (Lipinski definition) is 8. The molecule has 0 aliphatic carbocycles. The molecule has 0 radical (unpaired) electrons. The SMILES string of the molecule is CCC(CS(=O)(=O)C(=[N+]=[N-])S(=O)(=O)c1ccccc1)S(=O)(=O)C(=[N+]=[N-])S(=O)(=O)c1ccccc1. The fourth-order valence-corrected chi connectivity index (χ4v) is 11.3. The molecule has 0 bridgehead atoms. The van der Waals surface area contributed by atoms with Crippen LogP contribution in [-0.2, 0) is 39.3 Å². The van der Waals surface area contributed by atoms with Crippen LogP contribution in [0.3, 0.4) is 0 Å². The molecule has 0 aliphatic rings. The largest absolute Gasteiger partial charge is 0.499 e. The molecule has 0 aromatic heterocycles. The maximum atomic E-state index is 13.0. The van der Waals surface area contributed by atoms with E-state index in [2.05, 4.69) is 9.58 Å². The van der Waals surface area contributed by atoms with E-state index in [1.54, 1.807) is 0 Å². The van der Waals surface area contributed by atoms with Crippen molar-refractivity contribution in [1.29, 1.82) is 0 Å². The number of nitrogens with zero attached hydrogens (tertiary/aromatic N) is 4. The molecule has 0 saturated carbocycles. The second kappa shape index (κ2) is 10.1. The highest BCUT2D eigenvalue weighted by atomic mass is 32.3. The molecule has 1 atom stereocenters. The van der Waals surface area contributed by atoms with Crippen LogP contribution in [0.5, 0.6) is 0 Å². The normalized spacial score (nSPS) is 13.3. The zero-order valence-corrected chi connectivity index (χ0v) is 20.7. The second-order valence-corrected chi connectivity index (χ2v) is 15.1. The third kappa shape index (κ3) is 5.22. The summed E-state index contributed by atoms with van der Waals surface area (Å²) in [7, 11) is -20.1. The fourth-order valence-electron chi connectivity index (χ4n) is 2.83. The van der Waals surface area contributed by atoms with Crippen molar-refractivity contribution in [3.05, 3.63) is 71.7 Å². The van der Waals surface area contributed by atoms with Crippen LogP contribution >= 0.6 is 0 Å². The van der Waals surface area contributed by atoms with Gasteiger partial charge in [-0.15, -0.1) is 9.58 Å². The van der Waals surface area contributed by atoms with Crippen molar-refractivity contribution >= 4 is 48.1 Å². The topological polar surface area (TPSA) is 209 Å². The standard InChI is InChI=1S/C18H18N4O8S4/c1-2-14(32(25,26)18(22-20)34(29,30)16-11-7-4-8-12-16)13-31(23,24)17(21-19)33(27,28)15-9-5-3-6-10-15/h3-12,14H,2,13H2,1H3. The van der Waals surface area contributed by atoms with E-state index in [0.717, 1.165) is 24.3 Å². The number of benzene rings is 2. The van der Waals surface area contributed by atoms with Crippen molar-refractivity contribution in [2.75, 3.05) is 5.75 Å². The highest BCUT2D eigenvalue weighted by Crippen LogP contribution is 2.22. The van der Waals surface area contributed by atoms with E-state index in [-0.39, 0.29) is 0 Å². The van der Waals surface area contributed by atoms with E-state index < -0.39 is 75.3 Å². The van der Waals surface area contributed by atoms with Gasteiger partial charge >= 0.3 is 8.75 Å². The predicted molar refractivity (Wildman–Crippen MR) is 121 cm³/mol. The van der Waals surface area contributed by atoms with Gasteiger partial charge in [0.25, 0.3) is 39.3 Å². The Hall–Kier alpha value is -3.00. The molecule has 2 aromatic rings. The summed E-state index contributed by atoms with van der Waals surface area (Å²) < 4.78 is 99.2. The fraction of sp³-hybridized carbons (Fsp3) is 0.222. The van der Waals surface area contributed by atoms with Gasteiger partial charge in [0, 0.05) is 0 Å². The third-order valence-corrected chi connectivity index (χ3v) is 13.8. The molecule has 12 nitrogen and oxygen atoms in total. The predicted octanol–water partition coefficient (Wildman–Crippen LogP) is 0.714. The summed E-state index contributed by atoms with van der Waals surface area (Å²) in [5, 5.41) is -2.07. The van der Waals surface area contributed by atoms with Crippen molar-refractivity contribution in [2.24, 2.45) is 0 Å². The summed E-state index contributed by atoms with van der Waals surface area (Å²) in [6, 6.07) is 12.2. The lowest BCUT2D eigenvalue weighted by molar-refractivity contribution is 0.00333. The van der Waals surface area contributed by atoms with Crippen molar-refractivity contribution < 1.29 is 43.3 Å². The first-order valence-electron chi connectivity index (χ1n) is 9.27.